The van der Waals surface area contributed by atoms with E-state index in [-0.39, 0.29) is 18.3 Å². The molecule has 0 radical (unpaired) electrons. The highest BCUT2D eigenvalue weighted by Gasteiger charge is 2.57. The highest BCUT2D eigenvalue weighted by molar-refractivity contribution is 5.44. The van der Waals surface area contributed by atoms with Crippen LogP contribution in [0.4, 0.5) is 5.82 Å². The van der Waals surface area contributed by atoms with Crippen molar-refractivity contribution in [1.29, 1.82) is 0 Å². The Bertz CT molecular complexity index is 721. The topological polar surface area (TPSA) is 94.6 Å². The molecule has 4 heterocycles. The lowest BCUT2D eigenvalue weighted by Crippen LogP contribution is -2.41. The van der Waals surface area contributed by atoms with Gasteiger partial charge in [-0.3, -0.25) is 9.78 Å². The van der Waals surface area contributed by atoms with Crippen molar-refractivity contribution in [1.82, 2.24) is 9.55 Å². The standard InChI is InChI=1S/C13H17N3O5/c1-5-9-14-4-6-7-8(21-13(2,3)20-7)11(19-6)16(9)12(18)15-10(5)17/h6-8,11,14H,4H2,1-3H3,(H,15,17,18)/t6-,7?,8?,11+/m1/s1. The highest BCUT2D eigenvalue weighted by atomic mass is 16.8. The first-order valence-corrected chi connectivity index (χ1v) is 6.98. The maximum Gasteiger partial charge on any atom is 0.332 e. The molecule has 2 saturated heterocycles. The average molecular weight is 295 g/mol. The van der Waals surface area contributed by atoms with Crippen molar-refractivity contribution in [3.8, 4) is 0 Å². The van der Waals surface area contributed by atoms with Gasteiger partial charge in [0.1, 0.15) is 24.1 Å². The molecule has 1 aromatic heterocycles. The van der Waals surface area contributed by atoms with E-state index in [1.54, 1.807) is 6.92 Å². The number of aromatic nitrogens is 2. The Kier molecular flexibility index (Phi) is 2.46. The van der Waals surface area contributed by atoms with Crippen LogP contribution in [0.5, 0.6) is 0 Å². The summed E-state index contributed by atoms with van der Waals surface area (Å²) in [5, 5.41) is 3.13. The highest BCUT2D eigenvalue weighted by Crippen LogP contribution is 2.44. The van der Waals surface area contributed by atoms with Gasteiger partial charge in [0.05, 0.1) is 5.56 Å². The van der Waals surface area contributed by atoms with Crippen molar-refractivity contribution in [3.63, 3.8) is 0 Å². The van der Waals surface area contributed by atoms with Gasteiger partial charge in [-0.15, -0.1) is 0 Å². The van der Waals surface area contributed by atoms with Crippen LogP contribution in [0.2, 0.25) is 0 Å². The summed E-state index contributed by atoms with van der Waals surface area (Å²) in [4.78, 5) is 26.3. The lowest BCUT2D eigenvalue weighted by Gasteiger charge is -2.24. The molecule has 21 heavy (non-hydrogen) atoms. The number of anilines is 1. The zero-order valence-corrected chi connectivity index (χ0v) is 12.0. The van der Waals surface area contributed by atoms with E-state index < -0.39 is 23.3 Å². The summed E-state index contributed by atoms with van der Waals surface area (Å²) in [5.41, 5.74) is -0.440. The molecule has 3 aliphatic heterocycles. The van der Waals surface area contributed by atoms with Crippen LogP contribution in [0, 0.1) is 6.92 Å². The molecule has 4 rings (SSSR count). The van der Waals surface area contributed by atoms with Gasteiger partial charge >= 0.3 is 5.69 Å². The van der Waals surface area contributed by atoms with Crippen LogP contribution in [0.25, 0.3) is 0 Å². The van der Waals surface area contributed by atoms with E-state index in [1.165, 1.54) is 4.57 Å². The molecule has 8 nitrogen and oxygen atoms in total. The predicted octanol–water partition coefficient (Wildman–Crippen LogP) is -0.312. The lowest BCUT2D eigenvalue weighted by molar-refractivity contribution is -0.194. The number of aromatic amines is 1. The number of H-pyrrole nitrogens is 1. The van der Waals surface area contributed by atoms with E-state index in [0.29, 0.717) is 17.9 Å². The SMILES string of the molecule is Cc1c2n(c(=O)[nH]c1=O)[C@H]1O[C@H](CN2)C2OC(C)(C)OC21. The van der Waals surface area contributed by atoms with Crippen molar-refractivity contribution in [3.05, 3.63) is 26.4 Å². The number of rotatable bonds is 0. The second-order valence-corrected chi connectivity index (χ2v) is 6.11. The molecule has 0 spiro atoms. The first-order valence-electron chi connectivity index (χ1n) is 6.98. The second-order valence-electron chi connectivity index (χ2n) is 6.11. The molecule has 4 atom stereocenters. The van der Waals surface area contributed by atoms with E-state index in [1.807, 2.05) is 13.8 Å². The largest absolute Gasteiger partial charge is 0.368 e. The van der Waals surface area contributed by atoms with Crippen LogP contribution < -0.4 is 16.6 Å². The van der Waals surface area contributed by atoms with Crippen LogP contribution in [-0.4, -0.2) is 40.2 Å². The van der Waals surface area contributed by atoms with Crippen molar-refractivity contribution in [2.45, 2.75) is 51.1 Å². The van der Waals surface area contributed by atoms with Crippen LogP contribution in [0.1, 0.15) is 25.6 Å². The zero-order chi connectivity index (χ0) is 14.9. The van der Waals surface area contributed by atoms with Gasteiger partial charge in [0.15, 0.2) is 12.0 Å². The summed E-state index contributed by atoms with van der Waals surface area (Å²) in [6.45, 7) is 5.81. The van der Waals surface area contributed by atoms with E-state index >= 15 is 0 Å². The lowest BCUT2D eigenvalue weighted by atomic mass is 10.1. The third-order valence-corrected chi connectivity index (χ3v) is 4.23. The van der Waals surface area contributed by atoms with Crippen LogP contribution in [-0.2, 0) is 14.2 Å². The fourth-order valence-corrected chi connectivity index (χ4v) is 3.33. The Morgan fingerprint density at radius 1 is 1.24 bits per heavy atom. The Balaban J connectivity index is 1.89. The van der Waals surface area contributed by atoms with E-state index in [2.05, 4.69) is 10.3 Å². The summed E-state index contributed by atoms with van der Waals surface area (Å²) in [6.07, 6.45) is -1.43. The van der Waals surface area contributed by atoms with Crippen molar-refractivity contribution < 1.29 is 14.2 Å². The minimum atomic E-state index is -0.707. The van der Waals surface area contributed by atoms with Gasteiger partial charge in [-0.25, -0.2) is 9.36 Å². The predicted molar refractivity (Wildman–Crippen MR) is 72.3 cm³/mol. The third kappa shape index (κ3) is 1.73. The fraction of sp³-hybridized carbons (Fsp3) is 0.692. The molecule has 0 aliphatic carbocycles. The Hall–Kier alpha value is -1.64. The van der Waals surface area contributed by atoms with Crippen LogP contribution >= 0.6 is 0 Å². The quantitative estimate of drug-likeness (QED) is 0.682. The fourth-order valence-electron chi connectivity index (χ4n) is 3.33. The van der Waals surface area contributed by atoms with Gasteiger partial charge in [-0.05, 0) is 20.8 Å². The number of ether oxygens (including phenoxy) is 3. The van der Waals surface area contributed by atoms with E-state index in [0.717, 1.165) is 0 Å². The number of nitrogens with zero attached hydrogens (tertiary/aromatic N) is 1. The van der Waals surface area contributed by atoms with Gasteiger partial charge in [0.2, 0.25) is 0 Å². The minimum Gasteiger partial charge on any atom is -0.368 e. The summed E-state index contributed by atoms with van der Waals surface area (Å²) in [5.74, 6) is -0.218. The Morgan fingerprint density at radius 2 is 1.95 bits per heavy atom. The first kappa shape index (κ1) is 13.1. The molecule has 2 fully saturated rings. The van der Waals surface area contributed by atoms with Crippen molar-refractivity contribution in [2.24, 2.45) is 0 Å². The second kappa shape index (κ2) is 3.96. The van der Waals surface area contributed by atoms with Gasteiger partial charge in [0, 0.05) is 6.54 Å². The molecular formula is C13H17N3O5. The van der Waals surface area contributed by atoms with Crippen LogP contribution in [0.15, 0.2) is 9.59 Å². The summed E-state index contributed by atoms with van der Waals surface area (Å²) < 4.78 is 19.1. The molecule has 114 valence electrons. The first-order chi connectivity index (χ1) is 9.87. The number of hydrogen-bond donors (Lipinski definition) is 2. The molecule has 1 aromatic rings. The number of nitrogens with one attached hydrogen (secondary N) is 2. The number of hydrogen-bond acceptors (Lipinski definition) is 6. The van der Waals surface area contributed by atoms with Gasteiger partial charge < -0.3 is 19.5 Å². The van der Waals surface area contributed by atoms with Crippen molar-refractivity contribution >= 4 is 5.82 Å². The molecular weight excluding hydrogens is 278 g/mol. The average Bonchev–Trinajstić information content (AvgIpc) is 2.78. The van der Waals surface area contributed by atoms with Gasteiger partial charge in [-0.2, -0.15) is 0 Å². The molecule has 2 N–H and O–H groups in total. The summed E-state index contributed by atoms with van der Waals surface area (Å²) in [6, 6.07) is 0. The normalized spacial score (nSPS) is 35.8. The molecule has 2 unspecified atom stereocenters. The van der Waals surface area contributed by atoms with E-state index in [9.17, 15) is 9.59 Å². The molecule has 0 aromatic carbocycles. The molecule has 8 heteroatoms. The Morgan fingerprint density at radius 3 is 2.71 bits per heavy atom. The van der Waals surface area contributed by atoms with Crippen LogP contribution in [0.3, 0.4) is 0 Å². The number of fused-ring (bicyclic) bond motifs is 7. The van der Waals surface area contributed by atoms with Gasteiger partial charge in [0.25, 0.3) is 5.56 Å². The zero-order valence-electron chi connectivity index (χ0n) is 12.0. The summed E-state index contributed by atoms with van der Waals surface area (Å²) >= 11 is 0. The Labute approximate surface area is 120 Å². The monoisotopic (exact) mass is 295 g/mol. The van der Waals surface area contributed by atoms with E-state index in [4.69, 9.17) is 14.2 Å². The molecule has 0 amide bonds. The van der Waals surface area contributed by atoms with Gasteiger partial charge in [-0.1, -0.05) is 0 Å². The maximum atomic E-state index is 12.2. The molecule has 0 saturated carbocycles. The molecule has 2 bridgehead atoms. The summed E-state index contributed by atoms with van der Waals surface area (Å²) in [7, 11) is 0. The smallest absolute Gasteiger partial charge is 0.332 e. The third-order valence-electron chi connectivity index (χ3n) is 4.23. The minimum absolute atomic E-state index is 0.226. The van der Waals surface area contributed by atoms with Crippen molar-refractivity contribution in [2.75, 3.05) is 11.9 Å². The molecule has 3 aliphatic rings. The maximum absolute atomic E-state index is 12.2.